The van der Waals surface area contributed by atoms with Crippen LogP contribution in [0.3, 0.4) is 0 Å². The molecule has 0 atom stereocenters. The van der Waals surface area contributed by atoms with Crippen LogP contribution in [0.2, 0.25) is 0 Å². The molecular weight excluding hydrogens is 332 g/mol. The SMILES string of the molecule is Cc1cccc(/N=C2\NC(=O)/C(=C\c3ccc4ncccc4c3)S2)n1. The summed E-state index contributed by atoms with van der Waals surface area (Å²) in [6, 6.07) is 15.4. The van der Waals surface area contributed by atoms with E-state index in [-0.39, 0.29) is 5.91 Å². The summed E-state index contributed by atoms with van der Waals surface area (Å²) in [5, 5.41) is 4.36. The lowest BCUT2D eigenvalue weighted by Crippen LogP contribution is -2.19. The summed E-state index contributed by atoms with van der Waals surface area (Å²) in [7, 11) is 0. The van der Waals surface area contributed by atoms with Crippen LogP contribution in [0.25, 0.3) is 17.0 Å². The van der Waals surface area contributed by atoms with Gasteiger partial charge in [0.2, 0.25) is 0 Å². The summed E-state index contributed by atoms with van der Waals surface area (Å²) < 4.78 is 0. The number of rotatable bonds is 2. The fraction of sp³-hybridized carbons (Fsp3) is 0.0526. The van der Waals surface area contributed by atoms with Crippen molar-refractivity contribution in [2.75, 3.05) is 0 Å². The Bertz CT molecular complexity index is 1040. The fourth-order valence-corrected chi connectivity index (χ4v) is 3.34. The van der Waals surface area contributed by atoms with E-state index in [2.05, 4.69) is 20.3 Å². The molecule has 1 aliphatic rings. The van der Waals surface area contributed by atoms with Crippen molar-refractivity contribution in [1.82, 2.24) is 15.3 Å². The topological polar surface area (TPSA) is 67.2 Å². The van der Waals surface area contributed by atoms with Gasteiger partial charge in [-0.25, -0.2) is 9.98 Å². The monoisotopic (exact) mass is 346 g/mol. The molecule has 25 heavy (non-hydrogen) atoms. The molecule has 1 aromatic carbocycles. The number of amides is 1. The van der Waals surface area contributed by atoms with Crippen molar-refractivity contribution in [3.63, 3.8) is 0 Å². The Labute approximate surface area is 148 Å². The van der Waals surface area contributed by atoms with Gasteiger partial charge in [0.05, 0.1) is 10.4 Å². The summed E-state index contributed by atoms with van der Waals surface area (Å²) in [5.74, 6) is 0.434. The molecule has 1 amide bonds. The van der Waals surface area contributed by atoms with E-state index in [0.717, 1.165) is 22.2 Å². The predicted molar refractivity (Wildman–Crippen MR) is 102 cm³/mol. The zero-order valence-corrected chi connectivity index (χ0v) is 14.2. The first-order valence-electron chi connectivity index (χ1n) is 7.75. The van der Waals surface area contributed by atoms with Gasteiger partial charge < -0.3 is 5.32 Å². The minimum Gasteiger partial charge on any atom is -0.300 e. The van der Waals surface area contributed by atoms with Crippen molar-refractivity contribution in [2.45, 2.75) is 6.92 Å². The lowest BCUT2D eigenvalue weighted by molar-refractivity contribution is -0.115. The molecule has 0 bridgehead atoms. The summed E-state index contributed by atoms with van der Waals surface area (Å²) in [5.41, 5.74) is 2.77. The van der Waals surface area contributed by atoms with Crippen LogP contribution in [0.1, 0.15) is 11.3 Å². The number of amidine groups is 1. The maximum atomic E-state index is 12.2. The van der Waals surface area contributed by atoms with Gasteiger partial charge in [-0.15, -0.1) is 0 Å². The van der Waals surface area contributed by atoms with Crippen LogP contribution in [-0.4, -0.2) is 21.0 Å². The molecule has 0 unspecified atom stereocenters. The largest absolute Gasteiger partial charge is 0.300 e. The van der Waals surface area contributed by atoms with Gasteiger partial charge in [0.1, 0.15) is 0 Å². The van der Waals surface area contributed by atoms with E-state index >= 15 is 0 Å². The summed E-state index contributed by atoms with van der Waals surface area (Å²) >= 11 is 1.31. The van der Waals surface area contributed by atoms with Gasteiger partial charge in [-0.2, -0.15) is 0 Å². The van der Waals surface area contributed by atoms with Crippen LogP contribution in [0.15, 0.2) is 64.6 Å². The smallest absolute Gasteiger partial charge is 0.264 e. The van der Waals surface area contributed by atoms with E-state index in [4.69, 9.17) is 0 Å². The number of aryl methyl sites for hydroxylation is 1. The molecule has 1 aliphatic heterocycles. The van der Waals surface area contributed by atoms with Crippen molar-refractivity contribution in [3.05, 3.63) is 70.9 Å². The van der Waals surface area contributed by atoms with Crippen molar-refractivity contribution < 1.29 is 4.79 Å². The Morgan fingerprint density at radius 2 is 2.08 bits per heavy atom. The first kappa shape index (κ1) is 15.5. The molecule has 0 aliphatic carbocycles. The molecule has 122 valence electrons. The van der Waals surface area contributed by atoms with Gasteiger partial charge in [-0.3, -0.25) is 9.78 Å². The molecule has 3 heterocycles. The quantitative estimate of drug-likeness (QED) is 0.716. The third-order valence-corrected chi connectivity index (χ3v) is 4.58. The highest BCUT2D eigenvalue weighted by atomic mass is 32.2. The summed E-state index contributed by atoms with van der Waals surface area (Å²) in [6.45, 7) is 1.91. The molecule has 0 saturated carbocycles. The standard InChI is InChI=1S/C19H14N4OS/c1-12-4-2-6-17(21-12)22-19-23-18(24)16(25-19)11-13-7-8-15-14(10-13)5-3-9-20-15/h2-11H,1H3,(H,21,22,23,24)/b16-11+. The summed E-state index contributed by atoms with van der Waals surface area (Å²) in [6.07, 6.45) is 3.63. The van der Waals surface area contributed by atoms with Crippen molar-refractivity contribution in [1.29, 1.82) is 0 Å². The Balaban J connectivity index is 1.62. The van der Waals surface area contributed by atoms with E-state index in [1.54, 1.807) is 6.20 Å². The highest BCUT2D eigenvalue weighted by Gasteiger charge is 2.23. The van der Waals surface area contributed by atoms with E-state index in [1.165, 1.54) is 11.8 Å². The van der Waals surface area contributed by atoms with Crippen LogP contribution < -0.4 is 5.32 Å². The van der Waals surface area contributed by atoms with Crippen molar-refractivity contribution >= 4 is 45.6 Å². The molecule has 1 fully saturated rings. The third kappa shape index (κ3) is 3.44. The van der Waals surface area contributed by atoms with Crippen LogP contribution >= 0.6 is 11.8 Å². The van der Waals surface area contributed by atoms with Crippen molar-refractivity contribution in [3.8, 4) is 0 Å². The molecule has 4 rings (SSSR count). The molecule has 2 aromatic heterocycles. The predicted octanol–water partition coefficient (Wildman–Crippen LogP) is 3.83. The second-order valence-electron chi connectivity index (χ2n) is 5.57. The Kier molecular flexibility index (Phi) is 4.03. The lowest BCUT2D eigenvalue weighted by Gasteiger charge is -1.99. The number of pyridine rings is 2. The second-order valence-corrected chi connectivity index (χ2v) is 6.61. The van der Waals surface area contributed by atoms with Crippen LogP contribution in [-0.2, 0) is 4.79 Å². The Morgan fingerprint density at radius 1 is 1.16 bits per heavy atom. The minimum atomic E-state index is -0.150. The van der Waals surface area contributed by atoms with Gasteiger partial charge in [0.15, 0.2) is 11.0 Å². The molecule has 1 saturated heterocycles. The lowest BCUT2D eigenvalue weighted by atomic mass is 10.1. The third-order valence-electron chi connectivity index (χ3n) is 3.67. The molecule has 0 spiro atoms. The van der Waals surface area contributed by atoms with E-state index in [1.807, 2.05) is 61.5 Å². The Morgan fingerprint density at radius 3 is 2.96 bits per heavy atom. The number of aliphatic imine (C=N–C) groups is 1. The minimum absolute atomic E-state index is 0.150. The average molecular weight is 346 g/mol. The van der Waals surface area contributed by atoms with E-state index in [0.29, 0.717) is 15.9 Å². The van der Waals surface area contributed by atoms with Gasteiger partial charge in [-0.05, 0) is 60.7 Å². The number of aromatic nitrogens is 2. The molecule has 6 heteroatoms. The summed E-state index contributed by atoms with van der Waals surface area (Å²) in [4.78, 5) is 25.8. The molecule has 1 N–H and O–H groups in total. The van der Waals surface area contributed by atoms with E-state index < -0.39 is 0 Å². The first-order valence-corrected chi connectivity index (χ1v) is 8.57. The van der Waals surface area contributed by atoms with Gasteiger partial charge in [0, 0.05) is 17.3 Å². The number of nitrogens with one attached hydrogen (secondary N) is 1. The number of carbonyl (C=O) groups excluding carboxylic acids is 1. The van der Waals surface area contributed by atoms with Gasteiger partial charge in [0.25, 0.3) is 5.91 Å². The normalized spacial score (nSPS) is 17.4. The van der Waals surface area contributed by atoms with Crippen molar-refractivity contribution in [2.24, 2.45) is 4.99 Å². The molecule has 0 radical (unpaired) electrons. The number of hydrogen-bond donors (Lipinski definition) is 1. The van der Waals surface area contributed by atoms with Gasteiger partial charge in [-0.1, -0.05) is 18.2 Å². The van der Waals surface area contributed by atoms with Crippen LogP contribution in [0.4, 0.5) is 5.82 Å². The molecule has 3 aromatic rings. The highest BCUT2D eigenvalue weighted by Crippen LogP contribution is 2.28. The highest BCUT2D eigenvalue weighted by molar-refractivity contribution is 8.18. The fourth-order valence-electron chi connectivity index (χ4n) is 2.51. The van der Waals surface area contributed by atoms with E-state index in [9.17, 15) is 4.79 Å². The first-order chi connectivity index (χ1) is 12.2. The number of thioether (sulfide) groups is 1. The van der Waals surface area contributed by atoms with Gasteiger partial charge >= 0.3 is 0 Å². The van der Waals surface area contributed by atoms with Crippen LogP contribution in [0, 0.1) is 6.92 Å². The maximum Gasteiger partial charge on any atom is 0.264 e. The molecular formula is C19H14N4OS. The Hall–Kier alpha value is -2.99. The van der Waals surface area contributed by atoms with Crippen LogP contribution in [0.5, 0.6) is 0 Å². The number of carbonyl (C=O) groups is 1. The maximum absolute atomic E-state index is 12.2. The average Bonchev–Trinajstić information content (AvgIpc) is 2.94. The second kappa shape index (κ2) is 6.49. The number of benzene rings is 1. The zero-order chi connectivity index (χ0) is 17.2. The molecule has 5 nitrogen and oxygen atoms in total. The number of nitrogens with zero attached hydrogens (tertiary/aromatic N) is 3. The number of hydrogen-bond acceptors (Lipinski definition) is 5. The number of fused-ring (bicyclic) bond motifs is 1. The zero-order valence-electron chi connectivity index (χ0n) is 13.4.